The Bertz CT molecular complexity index is 731. The fraction of sp³-hybridized carbons (Fsp3) is 0.188. The van der Waals surface area contributed by atoms with Crippen LogP contribution in [-0.4, -0.2) is 16.6 Å². The zero-order valence-electron chi connectivity index (χ0n) is 11.9. The van der Waals surface area contributed by atoms with Crippen LogP contribution in [0.15, 0.2) is 47.8 Å². The summed E-state index contributed by atoms with van der Waals surface area (Å²) < 4.78 is 0. The lowest BCUT2D eigenvalue weighted by Crippen LogP contribution is -2.22. The summed E-state index contributed by atoms with van der Waals surface area (Å²) in [6, 6.07) is 11.4. The van der Waals surface area contributed by atoms with E-state index in [0.29, 0.717) is 23.0 Å². The van der Waals surface area contributed by atoms with Gasteiger partial charge in [-0.2, -0.15) is 0 Å². The summed E-state index contributed by atoms with van der Waals surface area (Å²) in [7, 11) is 0. The van der Waals surface area contributed by atoms with Crippen molar-refractivity contribution in [2.75, 3.05) is 5.32 Å². The van der Waals surface area contributed by atoms with Crippen LogP contribution in [0, 0.1) is 6.92 Å². The van der Waals surface area contributed by atoms with Gasteiger partial charge in [-0.3, -0.25) is 4.79 Å². The Morgan fingerprint density at radius 3 is 2.86 bits per heavy atom. The maximum Gasteiger partial charge on any atom is 0.273 e. The second-order valence-corrected chi connectivity index (χ2v) is 5.41. The van der Waals surface area contributed by atoms with E-state index in [4.69, 9.17) is 16.4 Å². The molecular weight excluding hydrogens is 302 g/mol. The zero-order valence-corrected chi connectivity index (χ0v) is 12.7. The van der Waals surface area contributed by atoms with Gasteiger partial charge in [0.05, 0.1) is 11.9 Å². The molecular formula is C16H14ClN3O2. The number of nitrogens with zero attached hydrogens (tertiary/aromatic N) is 2. The molecule has 6 heteroatoms. The number of aryl methyl sites for hydroxylation is 1. The first-order valence-electron chi connectivity index (χ1n) is 6.84. The predicted molar refractivity (Wildman–Crippen MR) is 84.9 cm³/mol. The van der Waals surface area contributed by atoms with Crippen LogP contribution < -0.4 is 5.32 Å². The maximum atomic E-state index is 12.2. The molecule has 0 spiro atoms. The van der Waals surface area contributed by atoms with Gasteiger partial charge in [0.2, 0.25) is 0 Å². The normalized spacial score (nSPS) is 16.8. The molecule has 2 heterocycles. The average Bonchev–Trinajstić information content (AvgIpc) is 3.01. The van der Waals surface area contributed by atoms with Gasteiger partial charge in [-0.05, 0) is 24.1 Å². The number of rotatable bonds is 3. The van der Waals surface area contributed by atoms with E-state index in [1.54, 1.807) is 6.07 Å². The lowest BCUT2D eigenvalue weighted by molar-refractivity contribution is -0.110. The monoisotopic (exact) mass is 315 g/mol. The Balaban J connectivity index is 1.67. The van der Waals surface area contributed by atoms with E-state index in [0.717, 1.165) is 11.1 Å². The number of pyridine rings is 1. The molecule has 0 aliphatic carbocycles. The van der Waals surface area contributed by atoms with E-state index in [1.807, 2.05) is 37.3 Å². The molecule has 1 aliphatic rings. The number of anilines is 1. The second-order valence-electron chi connectivity index (χ2n) is 5.02. The third-order valence-electron chi connectivity index (χ3n) is 3.43. The van der Waals surface area contributed by atoms with Crippen molar-refractivity contribution >= 4 is 28.9 Å². The van der Waals surface area contributed by atoms with Gasteiger partial charge in [0.1, 0.15) is 10.9 Å². The molecule has 0 saturated carbocycles. The Morgan fingerprint density at radius 2 is 2.14 bits per heavy atom. The topological polar surface area (TPSA) is 63.6 Å². The summed E-state index contributed by atoms with van der Waals surface area (Å²) in [5.74, 6) is -0.286. The van der Waals surface area contributed by atoms with Crippen LogP contribution >= 0.6 is 11.6 Å². The van der Waals surface area contributed by atoms with Crippen molar-refractivity contribution in [2.24, 2.45) is 5.16 Å². The molecule has 0 saturated heterocycles. The summed E-state index contributed by atoms with van der Waals surface area (Å²) in [4.78, 5) is 21.6. The molecule has 0 fully saturated rings. The summed E-state index contributed by atoms with van der Waals surface area (Å²) in [6.07, 6.45) is 1.75. The SMILES string of the molecule is Cc1cc(Cl)ncc1NC(=O)C1=NOC(c2ccccc2)C1. The molecule has 1 unspecified atom stereocenters. The quantitative estimate of drug-likeness (QED) is 0.882. The summed E-state index contributed by atoms with van der Waals surface area (Å²) in [5.41, 5.74) is 2.81. The summed E-state index contributed by atoms with van der Waals surface area (Å²) in [6.45, 7) is 1.85. The Kier molecular flexibility index (Phi) is 4.06. The van der Waals surface area contributed by atoms with Crippen molar-refractivity contribution in [1.82, 2.24) is 4.98 Å². The van der Waals surface area contributed by atoms with Gasteiger partial charge in [0.25, 0.3) is 5.91 Å². The van der Waals surface area contributed by atoms with Crippen LogP contribution in [0.1, 0.15) is 23.7 Å². The lowest BCUT2D eigenvalue weighted by Gasteiger charge is -2.08. The minimum absolute atomic E-state index is 0.216. The van der Waals surface area contributed by atoms with Crippen LogP contribution in [-0.2, 0) is 9.63 Å². The molecule has 22 heavy (non-hydrogen) atoms. The average molecular weight is 316 g/mol. The number of amides is 1. The molecule has 1 amide bonds. The van der Waals surface area contributed by atoms with E-state index in [2.05, 4.69) is 15.5 Å². The minimum atomic E-state index is -0.286. The Labute approximate surface area is 133 Å². The highest BCUT2D eigenvalue weighted by molar-refractivity contribution is 6.43. The van der Waals surface area contributed by atoms with Crippen LogP contribution in [0.2, 0.25) is 5.15 Å². The molecule has 0 radical (unpaired) electrons. The first kappa shape index (κ1) is 14.5. The van der Waals surface area contributed by atoms with Crippen LogP contribution in [0.25, 0.3) is 0 Å². The summed E-state index contributed by atoms with van der Waals surface area (Å²) in [5, 5.41) is 7.07. The van der Waals surface area contributed by atoms with Gasteiger partial charge in [-0.15, -0.1) is 0 Å². The number of hydrogen-bond donors (Lipinski definition) is 1. The Morgan fingerprint density at radius 1 is 1.36 bits per heavy atom. The van der Waals surface area contributed by atoms with Crippen LogP contribution in [0.5, 0.6) is 0 Å². The third kappa shape index (κ3) is 3.09. The van der Waals surface area contributed by atoms with E-state index in [-0.39, 0.29) is 12.0 Å². The van der Waals surface area contributed by atoms with E-state index in [1.165, 1.54) is 6.20 Å². The zero-order chi connectivity index (χ0) is 15.5. The first-order valence-corrected chi connectivity index (χ1v) is 7.22. The molecule has 1 N–H and O–H groups in total. The molecule has 112 valence electrons. The van der Waals surface area contributed by atoms with Crippen molar-refractivity contribution in [3.05, 3.63) is 58.9 Å². The van der Waals surface area contributed by atoms with Gasteiger partial charge in [-0.1, -0.05) is 47.1 Å². The molecule has 1 atom stereocenters. The van der Waals surface area contributed by atoms with Crippen molar-refractivity contribution in [1.29, 1.82) is 0 Å². The van der Waals surface area contributed by atoms with Gasteiger partial charge in [0.15, 0.2) is 6.10 Å². The number of hydrogen-bond acceptors (Lipinski definition) is 4. The largest absolute Gasteiger partial charge is 0.387 e. The fourth-order valence-corrected chi connectivity index (χ4v) is 2.42. The van der Waals surface area contributed by atoms with Gasteiger partial charge in [0, 0.05) is 6.42 Å². The van der Waals surface area contributed by atoms with Crippen LogP contribution in [0.4, 0.5) is 5.69 Å². The third-order valence-corrected chi connectivity index (χ3v) is 3.63. The van der Waals surface area contributed by atoms with Gasteiger partial charge >= 0.3 is 0 Å². The number of nitrogens with one attached hydrogen (secondary N) is 1. The second kappa shape index (κ2) is 6.15. The van der Waals surface area contributed by atoms with Crippen LogP contribution in [0.3, 0.4) is 0 Å². The van der Waals surface area contributed by atoms with E-state index >= 15 is 0 Å². The van der Waals surface area contributed by atoms with E-state index < -0.39 is 0 Å². The van der Waals surface area contributed by atoms with Gasteiger partial charge < -0.3 is 10.2 Å². The van der Waals surface area contributed by atoms with Gasteiger partial charge in [-0.25, -0.2) is 4.98 Å². The lowest BCUT2D eigenvalue weighted by atomic mass is 10.0. The number of aromatic nitrogens is 1. The number of carbonyl (C=O) groups excluding carboxylic acids is 1. The van der Waals surface area contributed by atoms with Crippen molar-refractivity contribution < 1.29 is 9.63 Å². The standard InChI is InChI=1S/C16H14ClN3O2/c1-10-7-15(17)18-9-13(10)19-16(21)12-8-14(22-20-12)11-5-3-2-4-6-11/h2-7,9,14H,8H2,1H3,(H,19,21). The molecule has 1 aromatic heterocycles. The molecule has 2 aromatic rings. The molecule has 5 nitrogen and oxygen atoms in total. The van der Waals surface area contributed by atoms with Crippen molar-refractivity contribution in [3.8, 4) is 0 Å². The number of carbonyl (C=O) groups is 1. The Hall–Kier alpha value is -2.40. The summed E-state index contributed by atoms with van der Waals surface area (Å²) >= 11 is 5.80. The first-order chi connectivity index (χ1) is 10.6. The highest BCUT2D eigenvalue weighted by Crippen LogP contribution is 2.27. The fourth-order valence-electron chi connectivity index (χ4n) is 2.20. The highest BCUT2D eigenvalue weighted by atomic mass is 35.5. The van der Waals surface area contributed by atoms with E-state index in [9.17, 15) is 4.79 Å². The highest BCUT2D eigenvalue weighted by Gasteiger charge is 2.27. The number of halogens is 1. The van der Waals surface area contributed by atoms with Crippen molar-refractivity contribution in [2.45, 2.75) is 19.4 Å². The number of benzene rings is 1. The molecule has 3 rings (SSSR count). The molecule has 1 aliphatic heterocycles. The minimum Gasteiger partial charge on any atom is -0.387 e. The maximum absolute atomic E-state index is 12.2. The number of oxime groups is 1. The smallest absolute Gasteiger partial charge is 0.273 e. The molecule has 0 bridgehead atoms. The predicted octanol–water partition coefficient (Wildman–Crippen LogP) is 3.50. The van der Waals surface area contributed by atoms with Crippen molar-refractivity contribution in [3.63, 3.8) is 0 Å². The molecule has 1 aromatic carbocycles.